The van der Waals surface area contributed by atoms with E-state index in [0.29, 0.717) is 0 Å². The standard InChI is InChI=1S/C12H20N.3CH3O.Ti/c1-11(2,3)9-7-8-10(13-9)12(4,5)6;3*1-2;/h7-8H,1-6H3;3*1H3;/q4*-1;+4. The Morgan fingerprint density at radius 1 is 0.750 bits per heavy atom. The molecule has 0 N–H and O–H groups in total. The normalized spacial score (nSPS) is 13.8. The summed E-state index contributed by atoms with van der Waals surface area (Å²) in [6.07, 6.45) is 0. The van der Waals surface area contributed by atoms with E-state index in [4.69, 9.17) is 9.96 Å². The molecule has 0 radical (unpaired) electrons. The van der Waals surface area contributed by atoms with Crippen molar-refractivity contribution in [3.8, 4) is 0 Å². The van der Waals surface area contributed by atoms with Gasteiger partial charge in [0, 0.05) is 0 Å². The van der Waals surface area contributed by atoms with E-state index in [1.165, 1.54) is 11.4 Å². The average Bonchev–Trinajstić information content (AvgIpc) is 2.77. The van der Waals surface area contributed by atoms with Gasteiger partial charge in [0.05, 0.1) is 0 Å². The zero-order valence-corrected chi connectivity index (χ0v) is 15.9. The van der Waals surface area contributed by atoms with E-state index in [1.54, 1.807) is 21.3 Å². The molecule has 1 aromatic heterocycles. The van der Waals surface area contributed by atoms with Crippen molar-refractivity contribution in [3.63, 3.8) is 0 Å². The van der Waals surface area contributed by atoms with Crippen LogP contribution in [0.1, 0.15) is 52.9 Å². The van der Waals surface area contributed by atoms with Gasteiger partial charge in [-0.25, -0.2) is 0 Å². The van der Waals surface area contributed by atoms with Gasteiger partial charge in [0.2, 0.25) is 0 Å². The Morgan fingerprint density at radius 3 is 1.25 bits per heavy atom. The molecule has 0 aliphatic carbocycles. The van der Waals surface area contributed by atoms with Crippen LogP contribution < -0.4 is 0 Å². The average molecular weight is 319 g/mol. The van der Waals surface area contributed by atoms with Crippen LogP contribution in [-0.4, -0.2) is 24.4 Å². The van der Waals surface area contributed by atoms with E-state index < -0.39 is 18.0 Å². The summed E-state index contributed by atoms with van der Waals surface area (Å²) < 4.78 is 19.5. The third-order valence-electron chi connectivity index (χ3n) is 3.47. The van der Waals surface area contributed by atoms with Crippen molar-refractivity contribution in [1.29, 1.82) is 0 Å². The Hall–Kier alpha value is -0.126. The fourth-order valence-corrected chi connectivity index (χ4v) is 6.26. The molecule has 5 heteroatoms. The summed E-state index contributed by atoms with van der Waals surface area (Å²) in [6.45, 7) is 13.2. The molecule has 4 nitrogen and oxygen atoms in total. The fourth-order valence-electron chi connectivity index (χ4n) is 2.43. The summed E-state index contributed by atoms with van der Waals surface area (Å²) in [4.78, 5) is 0. The second kappa shape index (κ2) is 5.94. The van der Waals surface area contributed by atoms with Crippen LogP contribution in [-0.2, 0) is 38.8 Å². The molecule has 0 spiro atoms. The number of aromatic nitrogens is 1. The molecule has 0 aliphatic rings. The SMILES string of the molecule is C[O][Ti]([O]C)([O]C)[n]1c(C(C)(C)C)ccc1C(C)(C)C. The molecule has 20 heavy (non-hydrogen) atoms. The zero-order chi connectivity index (χ0) is 15.8. The van der Waals surface area contributed by atoms with Gasteiger partial charge in [0.15, 0.2) is 0 Å². The number of nitrogens with zero attached hydrogens (tertiary/aromatic N) is 1. The predicted octanol–water partition coefficient (Wildman–Crippen LogP) is 3.68. The van der Waals surface area contributed by atoms with Gasteiger partial charge >= 0.3 is 128 Å². The van der Waals surface area contributed by atoms with Crippen molar-refractivity contribution in [2.45, 2.75) is 52.4 Å². The molecule has 1 heterocycles. The summed E-state index contributed by atoms with van der Waals surface area (Å²) >= 11 is -3.53. The van der Waals surface area contributed by atoms with Crippen molar-refractivity contribution in [3.05, 3.63) is 23.5 Å². The first kappa shape index (κ1) is 17.9. The van der Waals surface area contributed by atoms with Crippen molar-refractivity contribution >= 4 is 0 Å². The second-order valence-corrected chi connectivity index (χ2v) is 11.3. The van der Waals surface area contributed by atoms with Crippen LogP contribution in [0, 0.1) is 0 Å². The number of hydrogen-bond donors (Lipinski definition) is 0. The first-order valence-electron chi connectivity index (χ1n) is 6.92. The monoisotopic (exact) mass is 319 g/mol. The Morgan fingerprint density at radius 2 is 1.05 bits per heavy atom. The third kappa shape index (κ3) is 3.20. The second-order valence-electron chi connectivity index (χ2n) is 7.08. The molecule has 0 fully saturated rings. The molecule has 116 valence electrons. The van der Waals surface area contributed by atoms with Crippen LogP contribution in [0.25, 0.3) is 0 Å². The van der Waals surface area contributed by atoms with Gasteiger partial charge in [0.25, 0.3) is 0 Å². The number of hydrogen-bond acceptors (Lipinski definition) is 3. The number of rotatable bonds is 4. The first-order valence-corrected chi connectivity index (χ1v) is 9.53. The van der Waals surface area contributed by atoms with Crippen molar-refractivity contribution in [2.24, 2.45) is 0 Å². The van der Waals surface area contributed by atoms with E-state index in [-0.39, 0.29) is 10.8 Å². The Balaban J connectivity index is 3.67. The Labute approximate surface area is 128 Å². The van der Waals surface area contributed by atoms with Gasteiger partial charge in [0.1, 0.15) is 0 Å². The predicted molar refractivity (Wildman–Crippen MR) is 78.3 cm³/mol. The summed E-state index contributed by atoms with van der Waals surface area (Å²) in [6, 6.07) is 4.33. The van der Waals surface area contributed by atoms with Crippen LogP contribution in [0.15, 0.2) is 12.1 Å². The molecule has 0 saturated heterocycles. The minimum absolute atomic E-state index is 0.00437. The van der Waals surface area contributed by atoms with Crippen molar-refractivity contribution < 1.29 is 28.0 Å². The maximum atomic E-state index is 5.76. The molecule has 0 saturated carbocycles. The summed E-state index contributed by atoms with van der Waals surface area (Å²) in [5, 5.41) is 0. The molecule has 0 aromatic carbocycles. The van der Waals surface area contributed by atoms with Crippen LogP contribution in [0.4, 0.5) is 0 Å². The molecule has 0 unspecified atom stereocenters. The fraction of sp³-hybridized carbons (Fsp3) is 0.733. The molecule has 1 rings (SSSR count). The molecule has 0 atom stereocenters. The van der Waals surface area contributed by atoms with Gasteiger partial charge < -0.3 is 0 Å². The van der Waals surface area contributed by atoms with Gasteiger partial charge in [-0.2, -0.15) is 0 Å². The topological polar surface area (TPSA) is 32.6 Å². The molecule has 0 aliphatic heterocycles. The molecular formula is C15H29NO3Ti. The molecule has 0 bridgehead atoms. The van der Waals surface area contributed by atoms with Crippen molar-refractivity contribution in [1.82, 2.24) is 3.05 Å². The van der Waals surface area contributed by atoms with E-state index >= 15 is 0 Å². The van der Waals surface area contributed by atoms with E-state index in [0.717, 1.165) is 0 Å². The van der Waals surface area contributed by atoms with Gasteiger partial charge in [-0.15, -0.1) is 0 Å². The van der Waals surface area contributed by atoms with E-state index in [2.05, 4.69) is 56.7 Å². The summed E-state index contributed by atoms with van der Waals surface area (Å²) in [5.41, 5.74) is 2.37. The van der Waals surface area contributed by atoms with E-state index in [9.17, 15) is 0 Å². The Bertz CT molecular complexity index is 411. The van der Waals surface area contributed by atoms with Gasteiger partial charge in [-0.05, 0) is 0 Å². The molecule has 0 amide bonds. The maximum absolute atomic E-state index is 5.76. The molecule has 1 aromatic rings. The quantitative estimate of drug-likeness (QED) is 0.794. The van der Waals surface area contributed by atoms with Gasteiger partial charge in [-0.3, -0.25) is 0 Å². The van der Waals surface area contributed by atoms with Gasteiger partial charge in [-0.1, -0.05) is 0 Å². The third-order valence-corrected chi connectivity index (χ3v) is 7.49. The van der Waals surface area contributed by atoms with Crippen LogP contribution in [0.5, 0.6) is 0 Å². The summed E-state index contributed by atoms with van der Waals surface area (Å²) in [5.74, 6) is 0. The van der Waals surface area contributed by atoms with E-state index in [1.807, 2.05) is 0 Å². The summed E-state index contributed by atoms with van der Waals surface area (Å²) in [7, 11) is 5.02. The minimum atomic E-state index is -3.53. The van der Waals surface area contributed by atoms with Crippen LogP contribution in [0.3, 0.4) is 0 Å². The Kier molecular flexibility index (Phi) is 5.32. The first-order chi connectivity index (χ1) is 9.03. The van der Waals surface area contributed by atoms with Crippen LogP contribution >= 0.6 is 0 Å². The molecular weight excluding hydrogens is 290 g/mol. The zero-order valence-electron chi connectivity index (χ0n) is 14.3. The van der Waals surface area contributed by atoms with Crippen molar-refractivity contribution in [2.75, 3.05) is 21.3 Å². The van der Waals surface area contributed by atoms with Crippen LogP contribution in [0.2, 0.25) is 0 Å².